The highest BCUT2D eigenvalue weighted by molar-refractivity contribution is 6.04. The number of rotatable bonds is 6. The average molecular weight is 356 g/mol. The molecule has 9 heteroatoms. The van der Waals surface area contributed by atoms with Crippen LogP contribution in [0.2, 0.25) is 0 Å². The van der Waals surface area contributed by atoms with Crippen LogP contribution in [0.5, 0.6) is 17.4 Å². The van der Waals surface area contributed by atoms with Gasteiger partial charge in [0.25, 0.3) is 5.91 Å². The third-order valence-electron chi connectivity index (χ3n) is 2.99. The minimum atomic E-state index is -4.46. The van der Waals surface area contributed by atoms with Gasteiger partial charge in [0.1, 0.15) is 11.5 Å². The van der Waals surface area contributed by atoms with Gasteiger partial charge in [0.15, 0.2) is 6.61 Å². The van der Waals surface area contributed by atoms with Crippen LogP contribution in [0.15, 0.2) is 36.5 Å². The van der Waals surface area contributed by atoms with Crippen molar-refractivity contribution in [1.29, 1.82) is 0 Å². The van der Waals surface area contributed by atoms with Gasteiger partial charge in [0.05, 0.1) is 19.8 Å². The minimum Gasteiger partial charge on any atom is -0.497 e. The summed E-state index contributed by atoms with van der Waals surface area (Å²) in [6.07, 6.45) is -3.33. The number of alkyl halides is 3. The normalized spacial score (nSPS) is 10.9. The zero-order valence-corrected chi connectivity index (χ0v) is 13.4. The molecule has 2 aromatic rings. The molecule has 1 aromatic carbocycles. The number of carbonyl (C=O) groups excluding carboxylic acids is 1. The molecule has 0 saturated heterocycles. The monoisotopic (exact) mass is 356 g/mol. The van der Waals surface area contributed by atoms with E-state index in [0.29, 0.717) is 17.2 Å². The Morgan fingerprint density at radius 3 is 2.24 bits per heavy atom. The number of benzene rings is 1. The van der Waals surface area contributed by atoms with Gasteiger partial charge in [-0.2, -0.15) is 13.2 Å². The van der Waals surface area contributed by atoms with Gasteiger partial charge < -0.3 is 19.5 Å². The number of halogens is 3. The van der Waals surface area contributed by atoms with Crippen LogP contribution in [0.3, 0.4) is 0 Å². The molecule has 0 radical (unpaired) electrons. The van der Waals surface area contributed by atoms with Crippen LogP contribution in [0.1, 0.15) is 10.4 Å². The molecule has 0 aliphatic rings. The second-order valence-electron chi connectivity index (χ2n) is 4.84. The molecule has 6 nitrogen and oxygen atoms in total. The smallest absolute Gasteiger partial charge is 0.422 e. The summed E-state index contributed by atoms with van der Waals surface area (Å²) in [6, 6.07) is 7.32. The fourth-order valence-corrected chi connectivity index (χ4v) is 1.84. The Morgan fingerprint density at radius 1 is 1.12 bits per heavy atom. The summed E-state index contributed by atoms with van der Waals surface area (Å²) in [5, 5.41) is 2.62. The lowest BCUT2D eigenvalue weighted by atomic mass is 10.2. The van der Waals surface area contributed by atoms with Crippen LogP contribution in [0.4, 0.5) is 18.9 Å². The van der Waals surface area contributed by atoms with E-state index < -0.39 is 18.7 Å². The van der Waals surface area contributed by atoms with Crippen LogP contribution < -0.4 is 19.5 Å². The van der Waals surface area contributed by atoms with Gasteiger partial charge >= 0.3 is 6.18 Å². The van der Waals surface area contributed by atoms with Crippen LogP contribution in [0.25, 0.3) is 0 Å². The van der Waals surface area contributed by atoms with Crippen LogP contribution in [0, 0.1) is 0 Å². The molecule has 0 saturated carbocycles. The summed E-state index contributed by atoms with van der Waals surface area (Å²) in [4.78, 5) is 15.9. The van der Waals surface area contributed by atoms with E-state index in [-0.39, 0.29) is 11.4 Å². The van der Waals surface area contributed by atoms with Gasteiger partial charge in [0.2, 0.25) is 5.88 Å². The first-order chi connectivity index (χ1) is 11.8. The first-order valence-electron chi connectivity index (χ1n) is 7.01. The van der Waals surface area contributed by atoms with Crippen LogP contribution in [-0.4, -0.2) is 37.9 Å². The molecule has 0 unspecified atom stereocenters. The highest BCUT2D eigenvalue weighted by Crippen LogP contribution is 2.26. The number of amides is 1. The Kier molecular flexibility index (Phi) is 5.68. The van der Waals surface area contributed by atoms with Gasteiger partial charge in [-0.05, 0) is 6.07 Å². The predicted octanol–water partition coefficient (Wildman–Crippen LogP) is 3.29. The number of nitrogens with zero attached hydrogens (tertiary/aromatic N) is 1. The number of carbonyl (C=O) groups is 1. The van der Waals surface area contributed by atoms with Crippen molar-refractivity contribution < 1.29 is 32.2 Å². The molecule has 134 valence electrons. The summed E-state index contributed by atoms with van der Waals surface area (Å²) in [6.45, 7) is -1.45. The first-order valence-corrected chi connectivity index (χ1v) is 7.01. The van der Waals surface area contributed by atoms with Gasteiger partial charge in [-0.25, -0.2) is 4.98 Å². The predicted molar refractivity (Wildman–Crippen MR) is 83.3 cm³/mol. The molecular weight excluding hydrogens is 341 g/mol. The molecule has 25 heavy (non-hydrogen) atoms. The zero-order valence-electron chi connectivity index (χ0n) is 13.4. The lowest BCUT2D eigenvalue weighted by Gasteiger charge is -2.10. The highest BCUT2D eigenvalue weighted by atomic mass is 19.4. The second kappa shape index (κ2) is 7.73. The van der Waals surface area contributed by atoms with E-state index in [1.54, 1.807) is 18.2 Å². The van der Waals surface area contributed by atoms with Gasteiger partial charge in [-0.3, -0.25) is 4.79 Å². The maximum Gasteiger partial charge on any atom is 0.422 e. The number of anilines is 1. The van der Waals surface area contributed by atoms with E-state index >= 15 is 0 Å². The number of hydrogen-bond donors (Lipinski definition) is 1. The third-order valence-corrected chi connectivity index (χ3v) is 2.99. The van der Waals surface area contributed by atoms with Crippen molar-refractivity contribution in [2.45, 2.75) is 6.18 Å². The fraction of sp³-hybridized carbons (Fsp3) is 0.250. The molecule has 0 aliphatic carbocycles. The molecule has 0 spiro atoms. The fourth-order valence-electron chi connectivity index (χ4n) is 1.84. The molecule has 1 N–H and O–H groups in total. The summed E-state index contributed by atoms with van der Waals surface area (Å²) in [5.74, 6) is 0.259. The SMILES string of the molecule is COc1cc(NC(=O)c2ccc(OCC(F)(F)F)nc2)cc(OC)c1. The lowest BCUT2D eigenvalue weighted by Crippen LogP contribution is -2.19. The molecule has 0 atom stereocenters. The Labute approximate surface area is 141 Å². The summed E-state index contributed by atoms with van der Waals surface area (Å²) >= 11 is 0. The summed E-state index contributed by atoms with van der Waals surface area (Å²) in [7, 11) is 2.95. The van der Waals surface area contributed by atoms with Crippen molar-refractivity contribution >= 4 is 11.6 Å². The molecular formula is C16H15F3N2O4. The quantitative estimate of drug-likeness (QED) is 0.860. The zero-order chi connectivity index (χ0) is 18.4. The average Bonchev–Trinajstić information content (AvgIpc) is 2.59. The Bertz CT molecular complexity index is 711. The third kappa shape index (κ3) is 5.55. The van der Waals surface area contributed by atoms with E-state index in [1.165, 1.54) is 26.4 Å². The van der Waals surface area contributed by atoms with Crippen molar-refractivity contribution in [2.24, 2.45) is 0 Å². The minimum absolute atomic E-state index is 0.154. The van der Waals surface area contributed by atoms with E-state index in [4.69, 9.17) is 9.47 Å². The summed E-state index contributed by atoms with van der Waals surface area (Å²) in [5.41, 5.74) is 0.583. The molecule has 1 amide bonds. The van der Waals surface area contributed by atoms with Crippen molar-refractivity contribution in [3.8, 4) is 17.4 Å². The molecule has 2 rings (SSSR count). The number of pyridine rings is 1. The van der Waals surface area contributed by atoms with E-state index in [1.807, 2.05) is 0 Å². The van der Waals surface area contributed by atoms with E-state index in [9.17, 15) is 18.0 Å². The van der Waals surface area contributed by atoms with E-state index in [2.05, 4.69) is 15.0 Å². The van der Waals surface area contributed by atoms with Crippen molar-refractivity contribution in [3.63, 3.8) is 0 Å². The van der Waals surface area contributed by atoms with E-state index in [0.717, 1.165) is 6.20 Å². The van der Waals surface area contributed by atoms with Gasteiger partial charge in [0, 0.05) is 36.1 Å². The number of methoxy groups -OCH3 is 2. The standard InChI is InChI=1S/C16H15F3N2O4/c1-23-12-5-11(6-13(7-12)24-2)21-15(22)10-3-4-14(20-8-10)25-9-16(17,18)19/h3-8H,9H2,1-2H3,(H,21,22). The number of nitrogens with one attached hydrogen (secondary N) is 1. The molecule has 0 bridgehead atoms. The largest absolute Gasteiger partial charge is 0.497 e. The molecule has 0 aliphatic heterocycles. The number of ether oxygens (including phenoxy) is 3. The van der Waals surface area contributed by atoms with Gasteiger partial charge in [-0.1, -0.05) is 0 Å². The topological polar surface area (TPSA) is 69.7 Å². The maximum atomic E-state index is 12.2. The van der Waals surface area contributed by atoms with Crippen molar-refractivity contribution in [3.05, 3.63) is 42.1 Å². The maximum absolute atomic E-state index is 12.2. The molecule has 1 aromatic heterocycles. The Morgan fingerprint density at radius 2 is 1.76 bits per heavy atom. The Hall–Kier alpha value is -2.97. The van der Waals surface area contributed by atoms with Crippen LogP contribution in [-0.2, 0) is 0 Å². The van der Waals surface area contributed by atoms with Crippen molar-refractivity contribution in [1.82, 2.24) is 4.98 Å². The lowest BCUT2D eigenvalue weighted by molar-refractivity contribution is -0.154. The van der Waals surface area contributed by atoms with Crippen molar-refractivity contribution in [2.75, 3.05) is 26.1 Å². The van der Waals surface area contributed by atoms with Crippen LogP contribution >= 0.6 is 0 Å². The molecule has 1 heterocycles. The number of hydrogen-bond acceptors (Lipinski definition) is 5. The van der Waals surface area contributed by atoms with Gasteiger partial charge in [-0.15, -0.1) is 0 Å². The first kappa shape index (κ1) is 18.4. The summed E-state index contributed by atoms with van der Waals surface area (Å²) < 4.78 is 50.9. The molecule has 0 fully saturated rings. The Balaban J connectivity index is 2.06. The highest BCUT2D eigenvalue weighted by Gasteiger charge is 2.28. The number of aromatic nitrogens is 1. The second-order valence-corrected chi connectivity index (χ2v) is 4.84.